The average molecular weight is 331 g/mol. The van der Waals surface area contributed by atoms with Gasteiger partial charge in [0.2, 0.25) is 5.91 Å². The van der Waals surface area contributed by atoms with Gasteiger partial charge in [-0.25, -0.2) is 4.98 Å². The summed E-state index contributed by atoms with van der Waals surface area (Å²) in [6.07, 6.45) is 4.68. The van der Waals surface area contributed by atoms with Gasteiger partial charge in [0.05, 0.1) is 17.4 Å². The predicted molar refractivity (Wildman–Crippen MR) is 92.8 cm³/mol. The van der Waals surface area contributed by atoms with E-state index in [1.807, 2.05) is 11.9 Å². The summed E-state index contributed by atoms with van der Waals surface area (Å²) >= 11 is 0. The molecule has 1 unspecified atom stereocenters. The second-order valence-electron chi connectivity index (χ2n) is 7.55. The van der Waals surface area contributed by atoms with Crippen molar-refractivity contribution < 1.29 is 4.79 Å². The van der Waals surface area contributed by atoms with Gasteiger partial charge in [-0.3, -0.25) is 14.6 Å². The lowest BCUT2D eigenvalue weighted by Gasteiger charge is -2.37. The van der Waals surface area contributed by atoms with Gasteiger partial charge in [0.25, 0.3) is 0 Å². The van der Waals surface area contributed by atoms with Crippen LogP contribution in [0.3, 0.4) is 0 Å². The zero-order valence-corrected chi connectivity index (χ0v) is 15.0. The Morgan fingerprint density at radius 2 is 1.88 bits per heavy atom. The molecule has 1 aromatic heterocycles. The summed E-state index contributed by atoms with van der Waals surface area (Å²) in [5.41, 5.74) is 2.62. The summed E-state index contributed by atoms with van der Waals surface area (Å²) in [6.45, 7) is 9.31. The SMILES string of the molecule is Cc1nc2n(c1CN1CCN(C3CCN(C)C3=O)CC1)CCCC2. The number of carbonyl (C=O) groups is 1. The van der Waals surface area contributed by atoms with Gasteiger partial charge in [-0.1, -0.05) is 0 Å². The van der Waals surface area contributed by atoms with Crippen LogP contribution in [0.25, 0.3) is 0 Å². The molecule has 2 saturated heterocycles. The van der Waals surface area contributed by atoms with Crippen LogP contribution >= 0.6 is 0 Å². The van der Waals surface area contributed by atoms with Gasteiger partial charge in [0, 0.05) is 59.3 Å². The molecule has 4 rings (SSSR count). The quantitative estimate of drug-likeness (QED) is 0.825. The minimum atomic E-state index is 0.126. The molecule has 0 N–H and O–H groups in total. The molecule has 0 aromatic carbocycles. The Kier molecular flexibility index (Phi) is 4.35. The second kappa shape index (κ2) is 6.48. The fourth-order valence-electron chi connectivity index (χ4n) is 4.46. The maximum Gasteiger partial charge on any atom is 0.239 e. The van der Waals surface area contributed by atoms with Crippen molar-refractivity contribution in [1.29, 1.82) is 0 Å². The molecule has 1 aromatic rings. The van der Waals surface area contributed by atoms with Crippen LogP contribution in [0.4, 0.5) is 0 Å². The summed E-state index contributed by atoms with van der Waals surface area (Å²) in [5, 5.41) is 0. The third-order valence-corrected chi connectivity index (χ3v) is 6.00. The second-order valence-corrected chi connectivity index (χ2v) is 7.55. The standard InChI is InChI=1S/C18H29N5O/c1-14-16(23-7-4-3-5-17(23)19-14)13-21-9-11-22(12-10-21)15-6-8-20(2)18(15)24/h15H,3-13H2,1-2H3. The number of imidazole rings is 1. The number of piperazine rings is 1. The molecule has 0 aliphatic carbocycles. The Bertz CT molecular complexity index is 617. The number of carbonyl (C=O) groups excluding carboxylic acids is 1. The molecule has 4 heterocycles. The van der Waals surface area contributed by atoms with Gasteiger partial charge < -0.3 is 9.47 Å². The molecule has 0 radical (unpaired) electrons. The number of rotatable bonds is 3. The van der Waals surface area contributed by atoms with Gasteiger partial charge in [0.1, 0.15) is 5.82 Å². The molecule has 6 heteroatoms. The van der Waals surface area contributed by atoms with Crippen LogP contribution in [0.2, 0.25) is 0 Å². The van der Waals surface area contributed by atoms with Gasteiger partial charge in [-0.05, 0) is 26.2 Å². The zero-order valence-electron chi connectivity index (χ0n) is 15.0. The van der Waals surface area contributed by atoms with Gasteiger partial charge in [0.15, 0.2) is 0 Å². The molecular formula is C18H29N5O. The lowest BCUT2D eigenvalue weighted by atomic mass is 10.1. The maximum absolute atomic E-state index is 12.2. The largest absolute Gasteiger partial charge is 0.344 e. The molecule has 0 bridgehead atoms. The molecule has 132 valence electrons. The van der Waals surface area contributed by atoms with Gasteiger partial charge in [-0.15, -0.1) is 0 Å². The van der Waals surface area contributed by atoms with Crippen LogP contribution in [0.1, 0.15) is 36.5 Å². The van der Waals surface area contributed by atoms with E-state index < -0.39 is 0 Å². The highest BCUT2D eigenvalue weighted by Gasteiger charge is 2.35. The van der Waals surface area contributed by atoms with Crippen molar-refractivity contribution in [2.45, 2.75) is 51.7 Å². The lowest BCUT2D eigenvalue weighted by Crippen LogP contribution is -2.52. The Balaban J connectivity index is 1.37. The highest BCUT2D eigenvalue weighted by atomic mass is 16.2. The Morgan fingerprint density at radius 3 is 2.58 bits per heavy atom. The number of amides is 1. The van der Waals surface area contributed by atoms with E-state index in [1.54, 1.807) is 0 Å². The van der Waals surface area contributed by atoms with Crippen LogP contribution in [0.15, 0.2) is 0 Å². The van der Waals surface area contributed by atoms with Crippen LogP contribution < -0.4 is 0 Å². The normalized spacial score (nSPS) is 26.2. The fourth-order valence-corrected chi connectivity index (χ4v) is 4.46. The molecule has 1 atom stereocenters. The monoisotopic (exact) mass is 331 g/mol. The van der Waals surface area contributed by atoms with E-state index in [4.69, 9.17) is 4.98 Å². The first kappa shape index (κ1) is 16.1. The fraction of sp³-hybridized carbons (Fsp3) is 0.778. The van der Waals surface area contributed by atoms with E-state index in [0.717, 1.165) is 58.7 Å². The van der Waals surface area contributed by atoms with Crippen molar-refractivity contribution in [3.63, 3.8) is 0 Å². The molecule has 3 aliphatic rings. The molecular weight excluding hydrogens is 302 g/mol. The summed E-state index contributed by atoms with van der Waals surface area (Å²) < 4.78 is 2.46. The third kappa shape index (κ3) is 2.86. The summed E-state index contributed by atoms with van der Waals surface area (Å²) in [5.74, 6) is 1.59. The number of fused-ring (bicyclic) bond motifs is 1. The number of likely N-dealkylation sites (tertiary alicyclic amines) is 1. The molecule has 2 fully saturated rings. The molecule has 0 saturated carbocycles. The first-order valence-electron chi connectivity index (χ1n) is 9.40. The van der Waals surface area contributed by atoms with Crippen molar-refractivity contribution in [2.75, 3.05) is 39.8 Å². The predicted octanol–water partition coefficient (Wildman–Crippen LogP) is 0.876. The first-order chi connectivity index (χ1) is 11.6. The number of aryl methyl sites for hydroxylation is 2. The van der Waals surface area contributed by atoms with Crippen molar-refractivity contribution in [2.24, 2.45) is 0 Å². The Morgan fingerprint density at radius 1 is 1.08 bits per heavy atom. The number of nitrogens with zero attached hydrogens (tertiary/aromatic N) is 5. The molecule has 3 aliphatic heterocycles. The topological polar surface area (TPSA) is 44.6 Å². The minimum Gasteiger partial charge on any atom is -0.344 e. The highest BCUT2D eigenvalue weighted by Crippen LogP contribution is 2.22. The van der Waals surface area contributed by atoms with E-state index in [9.17, 15) is 4.79 Å². The van der Waals surface area contributed by atoms with Crippen LogP contribution in [0, 0.1) is 6.92 Å². The lowest BCUT2D eigenvalue weighted by molar-refractivity contribution is -0.131. The minimum absolute atomic E-state index is 0.126. The number of hydrogen-bond acceptors (Lipinski definition) is 4. The molecule has 6 nitrogen and oxygen atoms in total. The number of aromatic nitrogens is 2. The average Bonchev–Trinajstić information content (AvgIpc) is 3.09. The summed E-state index contributed by atoms with van der Waals surface area (Å²) in [7, 11) is 1.92. The van der Waals surface area contributed by atoms with Crippen molar-refractivity contribution in [3.05, 3.63) is 17.2 Å². The summed E-state index contributed by atoms with van der Waals surface area (Å²) in [6, 6.07) is 0.126. The van der Waals surface area contributed by atoms with Crippen LogP contribution in [0.5, 0.6) is 0 Å². The van der Waals surface area contributed by atoms with Crippen LogP contribution in [-0.2, 0) is 24.3 Å². The van der Waals surface area contributed by atoms with E-state index in [-0.39, 0.29) is 6.04 Å². The van der Waals surface area contributed by atoms with E-state index in [0.29, 0.717) is 5.91 Å². The van der Waals surface area contributed by atoms with Gasteiger partial charge >= 0.3 is 0 Å². The zero-order chi connectivity index (χ0) is 16.7. The maximum atomic E-state index is 12.2. The van der Waals surface area contributed by atoms with Crippen molar-refractivity contribution in [1.82, 2.24) is 24.3 Å². The molecule has 24 heavy (non-hydrogen) atoms. The van der Waals surface area contributed by atoms with E-state index in [1.165, 1.54) is 30.1 Å². The Labute approximate surface area is 144 Å². The first-order valence-corrected chi connectivity index (χ1v) is 9.40. The number of likely N-dealkylation sites (N-methyl/N-ethyl adjacent to an activating group) is 1. The highest BCUT2D eigenvalue weighted by molar-refractivity contribution is 5.83. The van der Waals surface area contributed by atoms with Crippen LogP contribution in [-0.4, -0.2) is 76.0 Å². The van der Waals surface area contributed by atoms with Gasteiger partial charge in [-0.2, -0.15) is 0 Å². The third-order valence-electron chi connectivity index (χ3n) is 6.00. The van der Waals surface area contributed by atoms with E-state index >= 15 is 0 Å². The van der Waals surface area contributed by atoms with E-state index in [2.05, 4.69) is 21.3 Å². The summed E-state index contributed by atoms with van der Waals surface area (Å²) in [4.78, 5) is 23.8. The van der Waals surface area contributed by atoms with Crippen molar-refractivity contribution in [3.8, 4) is 0 Å². The number of hydrogen-bond donors (Lipinski definition) is 0. The smallest absolute Gasteiger partial charge is 0.239 e. The Hall–Kier alpha value is -1.40. The molecule has 1 amide bonds. The molecule has 0 spiro atoms. The van der Waals surface area contributed by atoms with Crippen molar-refractivity contribution >= 4 is 5.91 Å².